The van der Waals surface area contributed by atoms with Crippen molar-refractivity contribution in [3.63, 3.8) is 0 Å². The molecule has 2 aliphatic rings. The second kappa shape index (κ2) is 12.0. The molecule has 37 heavy (non-hydrogen) atoms. The lowest BCUT2D eigenvalue weighted by molar-refractivity contribution is -0.137. The van der Waals surface area contributed by atoms with Crippen LogP contribution in [0.4, 0.5) is 13.2 Å². The first-order valence-electron chi connectivity index (χ1n) is 12.8. The fraction of sp³-hybridized carbons (Fsp3) is 0.519. The van der Waals surface area contributed by atoms with Gasteiger partial charge in [0.15, 0.2) is 0 Å². The smallest absolute Gasteiger partial charge is 0.375 e. The summed E-state index contributed by atoms with van der Waals surface area (Å²) < 4.78 is 44.7. The minimum Gasteiger partial charge on any atom is -0.375 e. The third-order valence-electron chi connectivity index (χ3n) is 7.20. The fourth-order valence-electron chi connectivity index (χ4n) is 5.33. The van der Waals surface area contributed by atoms with Crippen LogP contribution in [-0.4, -0.2) is 66.1 Å². The number of hydrogen-bond donors (Lipinski definition) is 2. The topological polar surface area (TPSA) is 83.6 Å². The molecule has 2 atom stereocenters. The number of rotatable bonds is 8. The van der Waals surface area contributed by atoms with Gasteiger partial charge in [0.25, 0.3) is 5.91 Å². The first-order valence-corrected chi connectivity index (χ1v) is 12.8. The molecule has 2 amide bonds. The Morgan fingerprint density at radius 1 is 1.08 bits per heavy atom. The molecule has 4 rings (SSSR count). The van der Waals surface area contributed by atoms with Gasteiger partial charge in [-0.3, -0.25) is 19.5 Å². The highest BCUT2D eigenvalue weighted by atomic mass is 19.4. The Bertz CT molecular complexity index is 1060. The van der Waals surface area contributed by atoms with Crippen molar-refractivity contribution >= 4 is 11.8 Å². The number of carbonyl (C=O) groups excluding carboxylic acids is 2. The minimum absolute atomic E-state index is 0.150. The van der Waals surface area contributed by atoms with Gasteiger partial charge in [0.2, 0.25) is 5.91 Å². The highest BCUT2D eigenvalue weighted by Gasteiger charge is 2.39. The Balaban J connectivity index is 1.28. The zero-order valence-corrected chi connectivity index (χ0v) is 20.8. The van der Waals surface area contributed by atoms with E-state index in [0.717, 1.165) is 43.5 Å². The first kappa shape index (κ1) is 27.1. The zero-order valence-electron chi connectivity index (χ0n) is 20.8. The van der Waals surface area contributed by atoms with Crippen LogP contribution >= 0.6 is 0 Å². The molecule has 2 aromatic rings. The molecule has 1 saturated heterocycles. The van der Waals surface area contributed by atoms with Crippen LogP contribution in [0.2, 0.25) is 0 Å². The summed E-state index contributed by atoms with van der Waals surface area (Å²) >= 11 is 0. The summed E-state index contributed by atoms with van der Waals surface area (Å²) in [5, 5.41) is 5.36. The summed E-state index contributed by atoms with van der Waals surface area (Å²) in [6.07, 6.45) is 1.35. The monoisotopic (exact) mass is 518 g/mol. The molecule has 1 aromatic heterocycles. The van der Waals surface area contributed by atoms with Crippen LogP contribution in [-0.2, 0) is 15.7 Å². The van der Waals surface area contributed by atoms with Crippen LogP contribution in [0.1, 0.15) is 60.1 Å². The third-order valence-corrected chi connectivity index (χ3v) is 7.20. The van der Waals surface area contributed by atoms with Crippen LogP contribution in [0.3, 0.4) is 0 Å². The van der Waals surface area contributed by atoms with Gasteiger partial charge in [-0.05, 0) is 62.9 Å². The maximum absolute atomic E-state index is 12.9. The molecule has 2 N–H and O–H groups in total. The van der Waals surface area contributed by atoms with Gasteiger partial charge in [0.1, 0.15) is 0 Å². The number of nitrogens with one attached hydrogen (secondary N) is 2. The molecule has 10 heteroatoms. The normalized spacial score (nSPS) is 24.5. The lowest BCUT2D eigenvalue weighted by Crippen LogP contribution is -2.48. The highest BCUT2D eigenvalue weighted by Crippen LogP contribution is 2.35. The summed E-state index contributed by atoms with van der Waals surface area (Å²) in [4.78, 5) is 31.8. The second-order valence-electron chi connectivity index (χ2n) is 9.64. The summed E-state index contributed by atoms with van der Waals surface area (Å²) in [7, 11) is 0. The molecule has 7 nitrogen and oxygen atoms in total. The molecule has 1 aromatic carbocycles. The van der Waals surface area contributed by atoms with E-state index < -0.39 is 23.6 Å². The number of ether oxygens (including phenoxy) is 1. The minimum atomic E-state index is -4.55. The molecular weight excluding hydrogens is 485 g/mol. The van der Waals surface area contributed by atoms with E-state index in [9.17, 15) is 22.8 Å². The van der Waals surface area contributed by atoms with E-state index in [1.807, 2.05) is 25.3 Å². The number of nitrogens with zero attached hydrogens (tertiary/aromatic N) is 2. The molecule has 0 radical (unpaired) electrons. The largest absolute Gasteiger partial charge is 0.416 e. The maximum Gasteiger partial charge on any atom is 0.416 e. The molecule has 0 spiro atoms. The quantitative estimate of drug-likeness (QED) is 0.556. The summed E-state index contributed by atoms with van der Waals surface area (Å²) in [6, 6.07) is 10.3. The molecule has 2 heterocycles. The number of hydrogen-bond acceptors (Lipinski definition) is 5. The van der Waals surface area contributed by atoms with E-state index in [2.05, 4.69) is 26.6 Å². The molecule has 1 saturated carbocycles. The molecular formula is C27H33F3N4O3. The van der Waals surface area contributed by atoms with Crippen molar-refractivity contribution in [3.8, 4) is 0 Å². The van der Waals surface area contributed by atoms with Crippen LogP contribution in [0.15, 0.2) is 48.7 Å². The van der Waals surface area contributed by atoms with Crippen LogP contribution in [0.25, 0.3) is 0 Å². The van der Waals surface area contributed by atoms with Gasteiger partial charge in [-0.2, -0.15) is 13.2 Å². The van der Waals surface area contributed by atoms with Gasteiger partial charge in [0.05, 0.1) is 24.3 Å². The molecule has 1 aliphatic carbocycles. The van der Waals surface area contributed by atoms with E-state index in [-0.39, 0.29) is 24.3 Å². The van der Waals surface area contributed by atoms with Crippen molar-refractivity contribution in [2.24, 2.45) is 0 Å². The molecule has 1 aliphatic heterocycles. The number of alkyl halides is 3. The van der Waals surface area contributed by atoms with Gasteiger partial charge < -0.3 is 15.4 Å². The van der Waals surface area contributed by atoms with Gasteiger partial charge in [-0.25, -0.2) is 0 Å². The van der Waals surface area contributed by atoms with Crippen molar-refractivity contribution in [2.75, 3.05) is 26.2 Å². The van der Waals surface area contributed by atoms with E-state index in [0.29, 0.717) is 31.7 Å². The number of amides is 2. The zero-order chi connectivity index (χ0) is 26.4. The Hall–Kier alpha value is -2.98. The van der Waals surface area contributed by atoms with E-state index in [1.54, 1.807) is 0 Å². The Morgan fingerprint density at radius 2 is 1.86 bits per heavy atom. The van der Waals surface area contributed by atoms with E-state index in [1.165, 1.54) is 12.1 Å². The number of carbonyl (C=O) groups is 2. The predicted molar refractivity (Wildman–Crippen MR) is 132 cm³/mol. The van der Waals surface area contributed by atoms with Crippen molar-refractivity contribution in [3.05, 3.63) is 65.5 Å². The number of halogens is 3. The second-order valence-corrected chi connectivity index (χ2v) is 9.64. The van der Waals surface area contributed by atoms with Gasteiger partial charge in [-0.15, -0.1) is 0 Å². The van der Waals surface area contributed by atoms with E-state index >= 15 is 0 Å². The highest BCUT2D eigenvalue weighted by molar-refractivity contribution is 5.96. The average molecular weight is 519 g/mol. The lowest BCUT2D eigenvalue weighted by atomic mass is 9.83. The number of pyridine rings is 1. The van der Waals surface area contributed by atoms with Crippen LogP contribution in [0.5, 0.6) is 0 Å². The number of aromatic nitrogens is 1. The average Bonchev–Trinajstić information content (AvgIpc) is 3.29. The predicted octanol–water partition coefficient (Wildman–Crippen LogP) is 3.76. The molecule has 200 valence electrons. The summed E-state index contributed by atoms with van der Waals surface area (Å²) in [6.45, 7) is 3.46. The molecule has 0 bridgehead atoms. The Morgan fingerprint density at radius 3 is 2.54 bits per heavy atom. The van der Waals surface area contributed by atoms with Crippen molar-refractivity contribution in [2.45, 2.75) is 62.9 Å². The Labute approximate surface area is 214 Å². The molecule has 1 unspecified atom stereocenters. The maximum atomic E-state index is 12.9. The van der Waals surface area contributed by atoms with E-state index in [4.69, 9.17) is 4.74 Å². The molecule has 2 fully saturated rings. The number of likely N-dealkylation sites (tertiary alicyclic amines) is 1. The van der Waals surface area contributed by atoms with Gasteiger partial charge >= 0.3 is 6.18 Å². The van der Waals surface area contributed by atoms with Crippen molar-refractivity contribution in [1.82, 2.24) is 20.5 Å². The standard InChI is InChI=1S/C27H33F3N4O3/c1-2-37-24-17-34(21-11-9-18(10-12-21)22-8-3-4-13-31-22)16-23(24)33-25(35)15-32-26(36)19-6-5-7-20(14-19)27(28,29)30/h3-8,13-14,18,21,23-24H,2,9-12,15-17H2,1H3,(H,32,36)(H,33,35)/t18?,21?,23-,24?/m0/s1. The van der Waals surface area contributed by atoms with Crippen LogP contribution < -0.4 is 10.6 Å². The van der Waals surface area contributed by atoms with Gasteiger partial charge in [0, 0.05) is 49.1 Å². The van der Waals surface area contributed by atoms with Gasteiger partial charge in [-0.1, -0.05) is 12.1 Å². The van der Waals surface area contributed by atoms with Crippen molar-refractivity contribution < 1.29 is 27.5 Å². The number of benzene rings is 1. The summed E-state index contributed by atoms with van der Waals surface area (Å²) in [5.41, 5.74) is 0.0827. The SMILES string of the molecule is CCOC1CN(C2CCC(c3ccccn3)CC2)C[C@@H]1NC(=O)CNC(=O)c1cccc(C(F)(F)F)c1. The van der Waals surface area contributed by atoms with Crippen molar-refractivity contribution in [1.29, 1.82) is 0 Å². The first-order chi connectivity index (χ1) is 17.7. The lowest BCUT2D eigenvalue weighted by Gasteiger charge is -2.34. The fourth-order valence-corrected chi connectivity index (χ4v) is 5.33. The third kappa shape index (κ3) is 7.07. The van der Waals surface area contributed by atoms with Crippen LogP contribution in [0, 0.1) is 0 Å². The Kier molecular flexibility index (Phi) is 8.81. The summed E-state index contributed by atoms with van der Waals surface area (Å²) in [5.74, 6) is -0.672.